The van der Waals surface area contributed by atoms with Gasteiger partial charge in [0.1, 0.15) is 0 Å². The minimum atomic E-state index is -0.889. The van der Waals surface area contributed by atoms with Gasteiger partial charge in [-0.1, -0.05) is 18.2 Å². The van der Waals surface area contributed by atoms with Crippen LogP contribution in [0.4, 0.5) is 0 Å². The zero-order chi connectivity index (χ0) is 15.0. The van der Waals surface area contributed by atoms with E-state index < -0.39 is 18.0 Å². The van der Waals surface area contributed by atoms with Gasteiger partial charge in [0.2, 0.25) is 0 Å². The number of nitrogens with one attached hydrogen (secondary N) is 2. The number of aliphatic carboxylic acids is 1. The Morgan fingerprint density at radius 3 is 2.67 bits per heavy atom. The van der Waals surface area contributed by atoms with E-state index in [9.17, 15) is 19.8 Å². The van der Waals surface area contributed by atoms with Crippen LogP contribution >= 0.6 is 0 Å². The molecular weight excluding hydrogens is 272 g/mol. The Labute approximate surface area is 120 Å². The molecule has 3 rings (SSSR count). The molecule has 2 aromatic rings. The summed E-state index contributed by atoms with van der Waals surface area (Å²) >= 11 is 0. The smallest absolute Gasteiger partial charge is 0.323 e. The van der Waals surface area contributed by atoms with Crippen LogP contribution in [-0.4, -0.2) is 26.2 Å². The number of H-pyrrole nitrogens is 2. The molecule has 3 unspecified atom stereocenters. The van der Waals surface area contributed by atoms with Gasteiger partial charge in [-0.15, -0.1) is 0 Å². The van der Waals surface area contributed by atoms with Crippen molar-refractivity contribution in [3.8, 4) is 0 Å². The maximum absolute atomic E-state index is 11.3. The summed E-state index contributed by atoms with van der Waals surface area (Å²) in [4.78, 5) is 27.8. The van der Waals surface area contributed by atoms with E-state index in [1.807, 2.05) is 12.2 Å². The fraction of sp³-hybridized carbons (Fsp3) is 0.333. The highest BCUT2D eigenvalue weighted by Crippen LogP contribution is 2.36. The maximum atomic E-state index is 11.3. The van der Waals surface area contributed by atoms with E-state index >= 15 is 0 Å². The quantitative estimate of drug-likeness (QED) is 0.643. The summed E-state index contributed by atoms with van der Waals surface area (Å²) in [6.07, 6.45) is 3.83. The van der Waals surface area contributed by atoms with Crippen molar-refractivity contribution >= 4 is 17.0 Å². The molecule has 6 nitrogen and oxygen atoms in total. The first-order valence-electron chi connectivity index (χ1n) is 6.84. The lowest BCUT2D eigenvalue weighted by atomic mass is 9.77. The van der Waals surface area contributed by atoms with Gasteiger partial charge in [0.15, 0.2) is 0 Å². The molecule has 0 amide bonds. The molecule has 0 saturated carbocycles. The number of aliphatic hydroxyl groups is 1. The van der Waals surface area contributed by atoms with Crippen LogP contribution in [0.2, 0.25) is 0 Å². The first-order valence-corrected chi connectivity index (χ1v) is 6.84. The van der Waals surface area contributed by atoms with Gasteiger partial charge >= 0.3 is 11.7 Å². The van der Waals surface area contributed by atoms with Gasteiger partial charge in [0.05, 0.1) is 23.1 Å². The first-order chi connectivity index (χ1) is 10.1. The van der Waals surface area contributed by atoms with Gasteiger partial charge < -0.3 is 20.2 Å². The van der Waals surface area contributed by atoms with Crippen LogP contribution in [0, 0.1) is 11.8 Å². The minimum absolute atomic E-state index is 0.305. The van der Waals surface area contributed by atoms with E-state index in [0.29, 0.717) is 29.4 Å². The number of benzene rings is 1. The molecule has 21 heavy (non-hydrogen) atoms. The van der Waals surface area contributed by atoms with Crippen LogP contribution < -0.4 is 5.69 Å². The Kier molecular flexibility index (Phi) is 3.39. The van der Waals surface area contributed by atoms with Crippen molar-refractivity contribution in [1.29, 1.82) is 0 Å². The summed E-state index contributed by atoms with van der Waals surface area (Å²) in [5, 5.41) is 19.8. The molecule has 110 valence electrons. The van der Waals surface area contributed by atoms with Gasteiger partial charge in [-0.25, -0.2) is 4.79 Å². The second kappa shape index (κ2) is 5.21. The number of carbonyl (C=O) groups is 1. The number of rotatable bonds is 3. The number of hydrogen-bond acceptors (Lipinski definition) is 3. The number of carboxylic acids is 1. The normalized spacial score (nSPS) is 23.3. The van der Waals surface area contributed by atoms with E-state index in [4.69, 9.17) is 0 Å². The van der Waals surface area contributed by atoms with Crippen molar-refractivity contribution in [2.75, 3.05) is 0 Å². The van der Waals surface area contributed by atoms with Crippen LogP contribution in [0.1, 0.15) is 24.5 Å². The van der Waals surface area contributed by atoms with E-state index in [1.165, 1.54) is 0 Å². The topological polar surface area (TPSA) is 106 Å². The monoisotopic (exact) mass is 288 g/mol. The average Bonchev–Trinajstić information content (AvgIpc) is 2.85. The number of aromatic nitrogens is 2. The van der Waals surface area contributed by atoms with Crippen molar-refractivity contribution in [2.24, 2.45) is 11.8 Å². The van der Waals surface area contributed by atoms with E-state index in [1.54, 1.807) is 18.2 Å². The number of hydrogen-bond donors (Lipinski definition) is 4. The number of fused-ring (bicyclic) bond motifs is 1. The molecule has 0 aliphatic heterocycles. The van der Waals surface area contributed by atoms with Gasteiger partial charge in [-0.2, -0.15) is 0 Å². The molecule has 0 spiro atoms. The van der Waals surface area contributed by atoms with Crippen molar-refractivity contribution in [3.05, 3.63) is 46.4 Å². The van der Waals surface area contributed by atoms with Crippen LogP contribution in [0.25, 0.3) is 11.0 Å². The lowest BCUT2D eigenvalue weighted by Gasteiger charge is -2.29. The SMILES string of the molecule is O=C(O)C1CC=CCC1C(O)c1ccc2[nH]c(=O)[nH]c2c1. The third-order valence-corrected chi connectivity index (χ3v) is 4.09. The maximum Gasteiger partial charge on any atom is 0.323 e. The van der Waals surface area contributed by atoms with Crippen molar-refractivity contribution in [3.63, 3.8) is 0 Å². The summed E-state index contributed by atoms with van der Waals surface area (Å²) in [6, 6.07) is 5.11. The zero-order valence-corrected chi connectivity index (χ0v) is 11.2. The van der Waals surface area contributed by atoms with Gasteiger partial charge in [-0.3, -0.25) is 4.79 Å². The minimum Gasteiger partial charge on any atom is -0.481 e. The van der Waals surface area contributed by atoms with Crippen LogP contribution in [0.5, 0.6) is 0 Å². The lowest BCUT2D eigenvalue weighted by molar-refractivity contribution is -0.145. The average molecular weight is 288 g/mol. The predicted octanol–water partition coefficient (Wildman–Crippen LogP) is 1.56. The Bertz CT molecular complexity index is 758. The number of aromatic amines is 2. The van der Waals surface area contributed by atoms with Crippen molar-refractivity contribution < 1.29 is 15.0 Å². The molecule has 0 radical (unpaired) electrons. The highest BCUT2D eigenvalue weighted by molar-refractivity contribution is 5.75. The van der Waals surface area contributed by atoms with Crippen LogP contribution in [0.15, 0.2) is 35.1 Å². The molecular formula is C15H16N2O4. The summed E-state index contributed by atoms with van der Waals surface area (Å²) in [5.41, 5.74) is 1.58. The molecule has 0 bridgehead atoms. The molecule has 0 saturated heterocycles. The summed E-state index contributed by atoms with van der Waals surface area (Å²) in [6.45, 7) is 0. The third-order valence-electron chi connectivity index (χ3n) is 4.09. The summed E-state index contributed by atoms with van der Waals surface area (Å²) in [7, 11) is 0. The molecule has 0 fully saturated rings. The Balaban J connectivity index is 1.94. The van der Waals surface area contributed by atoms with Crippen molar-refractivity contribution in [1.82, 2.24) is 9.97 Å². The molecule has 1 aromatic heterocycles. The number of aliphatic hydroxyl groups excluding tert-OH is 1. The second-order valence-corrected chi connectivity index (χ2v) is 5.38. The molecule has 1 aromatic carbocycles. The van der Waals surface area contributed by atoms with Gasteiger partial charge in [0, 0.05) is 5.92 Å². The van der Waals surface area contributed by atoms with E-state index in [2.05, 4.69) is 9.97 Å². The fourth-order valence-electron chi connectivity index (χ4n) is 2.95. The highest BCUT2D eigenvalue weighted by atomic mass is 16.4. The van der Waals surface area contributed by atoms with Crippen LogP contribution in [-0.2, 0) is 4.79 Å². The molecule has 4 N–H and O–H groups in total. The molecule has 3 atom stereocenters. The fourth-order valence-corrected chi connectivity index (χ4v) is 2.95. The number of imidazole rings is 1. The largest absolute Gasteiger partial charge is 0.481 e. The van der Waals surface area contributed by atoms with E-state index in [0.717, 1.165) is 0 Å². The summed E-state index contributed by atoms with van der Waals surface area (Å²) < 4.78 is 0. The number of allylic oxidation sites excluding steroid dienone is 2. The second-order valence-electron chi connectivity index (χ2n) is 5.38. The predicted molar refractivity (Wildman–Crippen MR) is 76.9 cm³/mol. The van der Waals surface area contributed by atoms with E-state index in [-0.39, 0.29) is 11.6 Å². The standard InChI is InChI=1S/C15H16N2O4/c18-13(9-3-1-2-4-10(9)14(19)20)8-5-6-11-12(7-8)17-15(21)16-11/h1-2,5-7,9-10,13,18H,3-4H2,(H,19,20)(H2,16,17,21). The van der Waals surface area contributed by atoms with Gasteiger partial charge in [0.25, 0.3) is 0 Å². The zero-order valence-electron chi connectivity index (χ0n) is 11.2. The van der Waals surface area contributed by atoms with Crippen LogP contribution in [0.3, 0.4) is 0 Å². The molecule has 1 aliphatic rings. The van der Waals surface area contributed by atoms with Crippen molar-refractivity contribution in [2.45, 2.75) is 18.9 Å². The molecule has 1 heterocycles. The molecule has 6 heteroatoms. The molecule has 1 aliphatic carbocycles. The Morgan fingerprint density at radius 2 is 1.90 bits per heavy atom. The third kappa shape index (κ3) is 2.50. The highest BCUT2D eigenvalue weighted by Gasteiger charge is 2.34. The Morgan fingerprint density at radius 1 is 1.19 bits per heavy atom. The first kappa shape index (κ1) is 13.6. The lowest BCUT2D eigenvalue weighted by Crippen LogP contribution is -2.29. The Hall–Kier alpha value is -2.34. The summed E-state index contributed by atoms with van der Waals surface area (Å²) in [5.74, 6) is -1.85. The number of carboxylic acid groups (broad SMARTS) is 1. The van der Waals surface area contributed by atoms with Gasteiger partial charge in [-0.05, 0) is 30.5 Å².